The number of nitrogens with zero attached hydrogens (tertiary/aromatic N) is 5. The number of furan rings is 1. The highest BCUT2D eigenvalue weighted by Gasteiger charge is 2.39. The molecule has 0 aliphatic carbocycles. The van der Waals surface area contributed by atoms with E-state index in [0.29, 0.717) is 18.8 Å². The number of carbonyl (C=O) groups excluding carboxylic acids is 1. The molecule has 4 heterocycles. The molecular weight excluding hydrogens is 404 g/mol. The molecule has 3 saturated heterocycles. The zero-order valence-corrected chi connectivity index (χ0v) is 19.9. The van der Waals surface area contributed by atoms with Gasteiger partial charge in [0.2, 0.25) is 0 Å². The molecule has 0 atom stereocenters. The molecule has 1 amide bonds. The normalized spacial score (nSPS) is 23.4. The molecule has 0 spiro atoms. The fourth-order valence-electron chi connectivity index (χ4n) is 5.30. The Bertz CT molecular complexity index is 743. The number of hydrogen-bond acceptors (Lipinski definition) is 5. The smallest absolute Gasteiger partial charge is 0.289 e. The van der Waals surface area contributed by atoms with Gasteiger partial charge in [0.1, 0.15) is 0 Å². The van der Waals surface area contributed by atoms with Crippen molar-refractivity contribution < 1.29 is 9.21 Å². The molecule has 8 heteroatoms. The van der Waals surface area contributed by atoms with Crippen LogP contribution < -0.4 is 5.32 Å². The van der Waals surface area contributed by atoms with Crippen molar-refractivity contribution in [2.45, 2.75) is 44.6 Å². The number of carbonyl (C=O) groups is 1. The third kappa shape index (κ3) is 5.29. The Morgan fingerprint density at radius 3 is 2.34 bits per heavy atom. The van der Waals surface area contributed by atoms with Crippen LogP contribution in [0.15, 0.2) is 27.8 Å². The van der Waals surface area contributed by atoms with Crippen LogP contribution in [-0.4, -0.2) is 110 Å². The van der Waals surface area contributed by atoms with Gasteiger partial charge in [-0.05, 0) is 78.0 Å². The summed E-state index contributed by atoms with van der Waals surface area (Å²) >= 11 is 0. The van der Waals surface area contributed by atoms with Crippen molar-refractivity contribution in [2.24, 2.45) is 4.99 Å². The van der Waals surface area contributed by atoms with E-state index >= 15 is 0 Å². The molecule has 1 aromatic rings. The van der Waals surface area contributed by atoms with E-state index in [0.717, 1.165) is 45.2 Å². The average Bonchev–Trinajstić information content (AvgIpc) is 3.38. The Kier molecular flexibility index (Phi) is 7.73. The van der Waals surface area contributed by atoms with Gasteiger partial charge >= 0.3 is 0 Å². The lowest BCUT2D eigenvalue weighted by Gasteiger charge is -2.49. The van der Waals surface area contributed by atoms with E-state index in [1.165, 1.54) is 45.2 Å². The Hall–Kier alpha value is -2.06. The number of nitrogens with one attached hydrogen (secondary N) is 1. The fraction of sp³-hybridized carbons (Fsp3) is 0.750. The first-order valence-corrected chi connectivity index (χ1v) is 12.4. The molecule has 0 radical (unpaired) electrons. The molecule has 8 nitrogen and oxygen atoms in total. The van der Waals surface area contributed by atoms with Gasteiger partial charge in [0.25, 0.3) is 5.91 Å². The summed E-state index contributed by atoms with van der Waals surface area (Å²) < 4.78 is 5.29. The fourth-order valence-corrected chi connectivity index (χ4v) is 5.30. The monoisotopic (exact) mass is 444 g/mol. The van der Waals surface area contributed by atoms with Crippen LogP contribution in [0.25, 0.3) is 0 Å². The molecule has 1 N–H and O–H groups in total. The third-order valence-electron chi connectivity index (χ3n) is 7.40. The van der Waals surface area contributed by atoms with Crippen molar-refractivity contribution >= 4 is 11.9 Å². The first-order valence-electron chi connectivity index (χ1n) is 12.4. The number of aliphatic imine (C=N–C) groups is 1. The summed E-state index contributed by atoms with van der Waals surface area (Å²) in [5, 5.41) is 3.52. The molecule has 0 bridgehead atoms. The Balaban J connectivity index is 1.42. The van der Waals surface area contributed by atoms with Crippen molar-refractivity contribution in [1.29, 1.82) is 0 Å². The predicted octanol–water partition coefficient (Wildman–Crippen LogP) is 1.95. The molecule has 4 rings (SSSR count). The predicted molar refractivity (Wildman–Crippen MR) is 127 cm³/mol. The van der Waals surface area contributed by atoms with Crippen LogP contribution in [0.4, 0.5) is 0 Å². The van der Waals surface area contributed by atoms with Gasteiger partial charge < -0.3 is 24.4 Å². The maximum absolute atomic E-state index is 12.6. The zero-order chi connectivity index (χ0) is 22.4. The van der Waals surface area contributed by atoms with E-state index in [2.05, 4.69) is 34.0 Å². The summed E-state index contributed by atoms with van der Waals surface area (Å²) in [5.74, 6) is 1.39. The minimum Gasteiger partial charge on any atom is -0.459 e. The van der Waals surface area contributed by atoms with Gasteiger partial charge in [0.05, 0.1) is 12.8 Å². The van der Waals surface area contributed by atoms with E-state index in [1.807, 2.05) is 4.90 Å². The second-order valence-corrected chi connectivity index (χ2v) is 9.50. The molecule has 3 fully saturated rings. The minimum atomic E-state index is -0.0213. The van der Waals surface area contributed by atoms with E-state index in [4.69, 9.17) is 9.41 Å². The number of hydrogen-bond donors (Lipinski definition) is 1. The molecule has 0 unspecified atom stereocenters. The number of guanidine groups is 1. The molecular formula is C24H40N6O2. The maximum atomic E-state index is 12.6. The van der Waals surface area contributed by atoms with E-state index in [1.54, 1.807) is 18.4 Å². The van der Waals surface area contributed by atoms with Gasteiger partial charge in [0, 0.05) is 38.3 Å². The van der Waals surface area contributed by atoms with Crippen LogP contribution in [0.5, 0.6) is 0 Å². The van der Waals surface area contributed by atoms with Gasteiger partial charge in [-0.2, -0.15) is 0 Å². The van der Waals surface area contributed by atoms with Gasteiger partial charge in [-0.1, -0.05) is 6.42 Å². The van der Waals surface area contributed by atoms with Crippen molar-refractivity contribution in [1.82, 2.24) is 24.9 Å². The minimum absolute atomic E-state index is 0.0213. The molecule has 32 heavy (non-hydrogen) atoms. The molecule has 178 valence electrons. The quantitative estimate of drug-likeness (QED) is 0.553. The second kappa shape index (κ2) is 10.7. The summed E-state index contributed by atoms with van der Waals surface area (Å²) in [4.78, 5) is 27.2. The Morgan fingerprint density at radius 1 is 1.03 bits per heavy atom. The number of rotatable bonds is 5. The van der Waals surface area contributed by atoms with Gasteiger partial charge in [-0.3, -0.25) is 14.7 Å². The number of likely N-dealkylation sites (tertiary alicyclic amines) is 2. The second-order valence-electron chi connectivity index (χ2n) is 9.50. The van der Waals surface area contributed by atoms with Crippen LogP contribution in [0.2, 0.25) is 0 Å². The third-order valence-corrected chi connectivity index (χ3v) is 7.40. The summed E-state index contributed by atoms with van der Waals surface area (Å²) in [6.07, 6.45) is 7.93. The van der Waals surface area contributed by atoms with Crippen LogP contribution in [0.1, 0.15) is 49.6 Å². The van der Waals surface area contributed by atoms with Gasteiger partial charge in [0.15, 0.2) is 11.7 Å². The highest BCUT2D eigenvalue weighted by Crippen LogP contribution is 2.31. The Labute approximate surface area is 192 Å². The van der Waals surface area contributed by atoms with Gasteiger partial charge in [-0.25, -0.2) is 0 Å². The van der Waals surface area contributed by atoms with Crippen LogP contribution in [0, 0.1) is 0 Å². The largest absolute Gasteiger partial charge is 0.459 e. The zero-order valence-electron chi connectivity index (χ0n) is 19.9. The summed E-state index contributed by atoms with van der Waals surface area (Å²) in [7, 11) is 2.23. The molecule has 3 aliphatic rings. The van der Waals surface area contributed by atoms with E-state index in [9.17, 15) is 4.79 Å². The highest BCUT2D eigenvalue weighted by molar-refractivity contribution is 5.91. The summed E-state index contributed by atoms with van der Waals surface area (Å²) in [5.41, 5.74) is 0.185. The molecule has 0 saturated carbocycles. The van der Waals surface area contributed by atoms with Crippen molar-refractivity contribution in [3.8, 4) is 0 Å². The molecule has 3 aliphatic heterocycles. The van der Waals surface area contributed by atoms with Crippen LogP contribution in [-0.2, 0) is 0 Å². The van der Waals surface area contributed by atoms with Crippen LogP contribution in [0.3, 0.4) is 0 Å². The number of piperazine rings is 1. The lowest BCUT2D eigenvalue weighted by molar-refractivity contribution is 0.0206. The van der Waals surface area contributed by atoms with Gasteiger partial charge in [-0.15, -0.1) is 0 Å². The van der Waals surface area contributed by atoms with Crippen molar-refractivity contribution in [3.63, 3.8) is 0 Å². The Morgan fingerprint density at radius 2 is 1.72 bits per heavy atom. The molecule has 1 aromatic heterocycles. The average molecular weight is 445 g/mol. The summed E-state index contributed by atoms with van der Waals surface area (Å²) in [6.45, 7) is 11.5. The lowest BCUT2D eigenvalue weighted by Crippen LogP contribution is -2.59. The standard InChI is InChI=1S/C24H40N6O2/c1-3-25-23(29-17-15-28(16-18-29)22(31)21-8-7-19-32-21)26-20-24(9-13-27(2)14-10-24)30-11-5-4-6-12-30/h7-8,19H,3-6,9-18,20H2,1-2H3,(H,25,26). The summed E-state index contributed by atoms with van der Waals surface area (Å²) in [6, 6.07) is 3.50. The maximum Gasteiger partial charge on any atom is 0.289 e. The van der Waals surface area contributed by atoms with Crippen LogP contribution >= 0.6 is 0 Å². The topological polar surface area (TPSA) is 67.6 Å². The lowest BCUT2D eigenvalue weighted by atomic mass is 9.84. The first kappa shape index (κ1) is 23.1. The number of piperidine rings is 2. The number of amides is 1. The van der Waals surface area contributed by atoms with E-state index in [-0.39, 0.29) is 11.4 Å². The van der Waals surface area contributed by atoms with Crippen molar-refractivity contribution in [3.05, 3.63) is 24.2 Å². The molecule has 0 aromatic carbocycles. The van der Waals surface area contributed by atoms with E-state index < -0.39 is 0 Å². The van der Waals surface area contributed by atoms with Crippen molar-refractivity contribution in [2.75, 3.05) is 72.5 Å². The highest BCUT2D eigenvalue weighted by atomic mass is 16.3. The first-order chi connectivity index (χ1) is 15.6. The SMILES string of the molecule is CCNC(=NCC1(N2CCCCC2)CCN(C)CC1)N1CCN(C(=O)c2ccco2)CC1.